The third kappa shape index (κ3) is 4.03. The SMILES string of the molecule is Br[Si](Br)[Si](Br)(Br)[Si](Br)(Br)Br. The van der Waals surface area contributed by atoms with Crippen molar-refractivity contribution in [1.29, 1.82) is 0 Å². The molecule has 0 atom stereocenters. The van der Waals surface area contributed by atoms with Crippen molar-refractivity contribution in [2.24, 2.45) is 0 Å². The van der Waals surface area contributed by atoms with Crippen molar-refractivity contribution in [3.8, 4) is 0 Å². The second kappa shape index (κ2) is 5.19. The van der Waals surface area contributed by atoms with Gasteiger partial charge in [-0.25, -0.2) is 0 Å². The van der Waals surface area contributed by atoms with E-state index in [1.165, 1.54) is 0 Å². The Bertz CT molecular complexity index is 111. The fourth-order valence-electron chi connectivity index (χ4n) is 0.107. The van der Waals surface area contributed by atoms with Gasteiger partial charge < -0.3 is 0 Å². The fraction of sp³-hybridized carbons (Fsp3) is 0. The van der Waals surface area contributed by atoms with Crippen LogP contribution in [0.1, 0.15) is 0 Å². The van der Waals surface area contributed by atoms with Gasteiger partial charge in [-0.15, -0.1) is 61.2 Å². The van der Waals surface area contributed by atoms with Crippen LogP contribution in [0.4, 0.5) is 0 Å². The molecular formula is Br7Si3. The molecular weight excluding hydrogens is 644 g/mol. The molecule has 0 spiro atoms. The van der Waals surface area contributed by atoms with Gasteiger partial charge in [-0.2, -0.15) is 0 Å². The summed E-state index contributed by atoms with van der Waals surface area (Å²) in [6, 6.07) is 0. The lowest BCUT2D eigenvalue weighted by molar-refractivity contribution is 3.89. The topological polar surface area (TPSA) is 0 Å². The van der Waals surface area contributed by atoms with Crippen molar-refractivity contribution >= 4 is 120 Å². The molecule has 0 amide bonds. The Morgan fingerprint density at radius 2 is 1.10 bits per heavy atom. The van der Waals surface area contributed by atoms with Gasteiger partial charge in [0.25, 0.3) is 3.45 Å². The van der Waals surface area contributed by atoms with Gasteiger partial charge in [0.2, 0.25) is 9.90 Å². The van der Waals surface area contributed by atoms with Gasteiger partial charge in [0.05, 0.1) is 0 Å². The summed E-state index contributed by atoms with van der Waals surface area (Å²) in [5.41, 5.74) is -0.650. The highest BCUT2D eigenvalue weighted by atomic mass is 80.0. The molecule has 0 aliphatic rings. The van der Waals surface area contributed by atoms with Gasteiger partial charge in [-0.3, -0.25) is 0 Å². The van der Waals surface area contributed by atoms with Crippen molar-refractivity contribution in [3.05, 3.63) is 0 Å². The largest absolute Gasteiger partial charge is 0.277 e. The molecule has 0 saturated carbocycles. The quantitative estimate of drug-likeness (QED) is 0.301. The Hall–Kier alpha value is 4.01. The summed E-state index contributed by atoms with van der Waals surface area (Å²) in [5.74, 6) is 0. The highest BCUT2D eigenvalue weighted by molar-refractivity contribution is 9.84. The second-order valence-corrected chi connectivity index (χ2v) is 72.1. The third-order valence-corrected chi connectivity index (χ3v) is 120. The maximum atomic E-state index is 3.69. The number of hydrogen-bond donors (Lipinski definition) is 0. The molecule has 0 heterocycles. The van der Waals surface area contributed by atoms with Gasteiger partial charge >= 0.3 is 0 Å². The number of hydrogen-bond acceptors (Lipinski definition) is 0. The van der Waals surface area contributed by atoms with Crippen LogP contribution in [-0.2, 0) is 0 Å². The zero-order valence-corrected chi connectivity index (χ0v) is 18.2. The first-order valence-corrected chi connectivity index (χ1v) is 25.1. The summed E-state index contributed by atoms with van der Waals surface area (Å²) in [6.07, 6.45) is 0. The van der Waals surface area contributed by atoms with Crippen LogP contribution >= 0.6 is 107 Å². The standard InChI is InChI=1S/Br7Si3/c1-8(2)10(6,7)9(3,4)5. The van der Waals surface area contributed by atoms with E-state index in [2.05, 4.69) is 107 Å². The molecule has 61 valence electrons. The first-order chi connectivity index (χ1) is 4.19. The number of rotatable bonds is 2. The van der Waals surface area contributed by atoms with Gasteiger partial charge in [-0.1, -0.05) is 45.9 Å². The highest BCUT2D eigenvalue weighted by Gasteiger charge is 2.54. The lowest BCUT2D eigenvalue weighted by Crippen LogP contribution is -2.48. The van der Waals surface area contributed by atoms with Crippen LogP contribution in [0.2, 0.25) is 0 Å². The molecule has 0 rings (SSSR count). The summed E-state index contributed by atoms with van der Waals surface area (Å²) in [4.78, 5) is 0. The zero-order chi connectivity index (χ0) is 8.58. The zero-order valence-electron chi connectivity index (χ0n) is 4.15. The Labute approximate surface area is 118 Å². The van der Waals surface area contributed by atoms with Crippen molar-refractivity contribution in [2.75, 3.05) is 0 Å². The Balaban J connectivity index is 4.40. The molecule has 1 radical (unpaired) electrons. The van der Waals surface area contributed by atoms with Gasteiger partial charge in [-0.05, 0) is 0 Å². The fourth-order valence-corrected chi connectivity index (χ4v) is 78.1. The molecule has 0 bridgehead atoms. The third-order valence-electron chi connectivity index (χ3n) is 0.593. The summed E-state index contributed by atoms with van der Waals surface area (Å²) in [6.45, 7) is 0. The molecule has 0 aliphatic carbocycles. The van der Waals surface area contributed by atoms with E-state index in [1.54, 1.807) is 0 Å². The first kappa shape index (κ1) is 14.0. The molecule has 0 aromatic rings. The van der Waals surface area contributed by atoms with Crippen molar-refractivity contribution in [3.63, 3.8) is 0 Å². The van der Waals surface area contributed by atoms with E-state index >= 15 is 0 Å². The summed E-state index contributed by atoms with van der Waals surface area (Å²) in [7, 11) is 0. The number of halogens is 7. The van der Waals surface area contributed by atoms with Crippen LogP contribution in [-0.4, -0.2) is 13.3 Å². The summed E-state index contributed by atoms with van der Waals surface area (Å²) >= 11 is 25.3. The predicted octanol–water partition coefficient (Wildman–Crippen LogP) is 4.78. The van der Waals surface area contributed by atoms with E-state index in [9.17, 15) is 0 Å². The first-order valence-electron chi connectivity index (χ1n) is 1.82. The second-order valence-electron chi connectivity index (χ2n) is 1.33. The van der Waals surface area contributed by atoms with Crippen LogP contribution in [0.25, 0.3) is 0 Å². The molecule has 10 heavy (non-hydrogen) atoms. The Morgan fingerprint density at radius 3 is 1.10 bits per heavy atom. The average molecular weight is 644 g/mol. The van der Waals surface area contributed by atoms with Crippen molar-refractivity contribution in [2.45, 2.75) is 0 Å². The van der Waals surface area contributed by atoms with Crippen molar-refractivity contribution < 1.29 is 0 Å². The minimum Gasteiger partial charge on any atom is -0.114 e. The molecule has 0 nitrogen and oxygen atoms in total. The lowest BCUT2D eigenvalue weighted by Gasteiger charge is -2.24. The van der Waals surface area contributed by atoms with E-state index in [1.807, 2.05) is 0 Å². The van der Waals surface area contributed by atoms with E-state index in [4.69, 9.17) is 0 Å². The van der Waals surface area contributed by atoms with Crippen LogP contribution in [0, 0.1) is 0 Å². The van der Waals surface area contributed by atoms with E-state index in [0.717, 1.165) is 0 Å². The van der Waals surface area contributed by atoms with Gasteiger partial charge in [0, 0.05) is 0 Å². The maximum absolute atomic E-state index is 3.69. The van der Waals surface area contributed by atoms with Crippen LogP contribution in [0.3, 0.4) is 0 Å². The van der Waals surface area contributed by atoms with E-state index in [-0.39, 0.29) is 0 Å². The summed E-state index contributed by atoms with van der Waals surface area (Å²) in [5, 5.41) is 0. The highest BCUT2D eigenvalue weighted by Crippen LogP contribution is 2.47. The smallest absolute Gasteiger partial charge is 0.114 e. The van der Waals surface area contributed by atoms with Gasteiger partial charge in [0.1, 0.15) is 0 Å². The van der Waals surface area contributed by atoms with Gasteiger partial charge in [0.15, 0.2) is 0 Å². The molecule has 0 saturated heterocycles. The van der Waals surface area contributed by atoms with Crippen LogP contribution in [0.15, 0.2) is 0 Å². The average Bonchev–Trinajstić information content (AvgIpc) is 1.62. The molecule has 0 unspecified atom stereocenters. The van der Waals surface area contributed by atoms with Crippen LogP contribution in [0.5, 0.6) is 0 Å². The van der Waals surface area contributed by atoms with Crippen LogP contribution < -0.4 is 0 Å². The lowest BCUT2D eigenvalue weighted by atomic mass is 26.6. The molecule has 0 aromatic carbocycles. The van der Waals surface area contributed by atoms with E-state index in [0.29, 0.717) is 0 Å². The maximum Gasteiger partial charge on any atom is 0.277 e. The monoisotopic (exact) mass is 636 g/mol. The normalized spacial score (nSPS) is 14.4. The van der Waals surface area contributed by atoms with E-state index < -0.39 is 13.3 Å². The summed E-state index contributed by atoms with van der Waals surface area (Å²) < 4.78 is -3.12. The predicted molar refractivity (Wildman–Crippen MR) is 79.8 cm³/mol. The minimum absolute atomic E-state index is 0.650. The molecule has 0 aliphatic heterocycles. The Morgan fingerprint density at radius 1 is 0.800 bits per heavy atom. The molecule has 0 aromatic heterocycles. The molecule has 0 N–H and O–H groups in total. The Kier molecular flexibility index (Phi) is 7.28. The molecule has 0 fully saturated rings. The van der Waals surface area contributed by atoms with Crippen molar-refractivity contribution in [1.82, 2.24) is 0 Å². The minimum atomic E-state index is -1.59. The molecule has 10 heteroatoms.